The Labute approximate surface area is 187 Å². The van der Waals surface area contributed by atoms with Crippen molar-refractivity contribution in [2.45, 2.75) is 31.5 Å². The van der Waals surface area contributed by atoms with E-state index in [0.717, 1.165) is 25.9 Å². The quantitative estimate of drug-likeness (QED) is 0.728. The van der Waals surface area contributed by atoms with Crippen molar-refractivity contribution in [1.82, 2.24) is 19.9 Å². The number of fused-ring (bicyclic) bond motifs is 1. The Kier molecular flexibility index (Phi) is 7.79. The van der Waals surface area contributed by atoms with Gasteiger partial charge in [0, 0.05) is 49.8 Å². The van der Waals surface area contributed by atoms with Crippen LogP contribution in [0.25, 0.3) is 0 Å². The molecule has 4 heterocycles. The van der Waals surface area contributed by atoms with Gasteiger partial charge in [-0.3, -0.25) is 9.78 Å². The van der Waals surface area contributed by atoms with Gasteiger partial charge < -0.3 is 19.5 Å². The molecule has 2 aliphatic rings. The highest BCUT2D eigenvalue weighted by molar-refractivity contribution is 5.92. The molecular formula is C21H23F3N4O5. The fourth-order valence-corrected chi connectivity index (χ4v) is 3.90. The molecule has 2 aromatic rings. The molecule has 4 rings (SSSR count). The molecule has 0 aromatic carbocycles. The summed E-state index contributed by atoms with van der Waals surface area (Å²) in [7, 11) is 0. The molecule has 33 heavy (non-hydrogen) atoms. The largest absolute Gasteiger partial charge is 0.490 e. The van der Waals surface area contributed by atoms with Crippen LogP contribution in [0, 0.1) is 5.41 Å². The van der Waals surface area contributed by atoms with Crippen LogP contribution in [-0.2, 0) is 9.53 Å². The molecule has 178 valence electrons. The average molecular weight is 468 g/mol. The number of nitrogens with zero attached hydrogens (tertiary/aromatic N) is 4. The highest BCUT2D eigenvalue weighted by atomic mass is 19.4. The van der Waals surface area contributed by atoms with Gasteiger partial charge in [-0.15, -0.1) is 0 Å². The Bertz CT molecular complexity index is 933. The van der Waals surface area contributed by atoms with Crippen LogP contribution in [0.2, 0.25) is 0 Å². The van der Waals surface area contributed by atoms with Gasteiger partial charge in [0.2, 0.25) is 5.88 Å². The SMILES string of the molecule is O=C(O)C(F)(F)F.O=C(c1cnccn1)N1CCC2OCCCC2(COc2ccccn2)C1. The van der Waals surface area contributed by atoms with Crippen molar-refractivity contribution in [2.75, 3.05) is 26.3 Å². The van der Waals surface area contributed by atoms with Gasteiger partial charge in [-0.25, -0.2) is 14.8 Å². The first kappa shape index (κ1) is 24.4. The minimum Gasteiger partial charge on any atom is -0.477 e. The summed E-state index contributed by atoms with van der Waals surface area (Å²) in [6.07, 6.45) is 4.10. The minimum atomic E-state index is -5.08. The van der Waals surface area contributed by atoms with Crippen molar-refractivity contribution < 1.29 is 37.3 Å². The van der Waals surface area contributed by atoms with Gasteiger partial charge in [0.05, 0.1) is 18.9 Å². The van der Waals surface area contributed by atoms with E-state index in [1.807, 2.05) is 23.1 Å². The van der Waals surface area contributed by atoms with Crippen molar-refractivity contribution >= 4 is 11.9 Å². The fraction of sp³-hybridized carbons (Fsp3) is 0.476. The van der Waals surface area contributed by atoms with E-state index in [1.54, 1.807) is 18.6 Å². The maximum Gasteiger partial charge on any atom is 0.490 e. The predicted octanol–water partition coefficient (Wildman–Crippen LogP) is 2.60. The molecule has 2 saturated heterocycles. The third-order valence-corrected chi connectivity index (χ3v) is 5.45. The summed E-state index contributed by atoms with van der Waals surface area (Å²) in [6, 6.07) is 5.61. The van der Waals surface area contributed by atoms with E-state index in [1.165, 1.54) is 6.20 Å². The normalized spacial score (nSPS) is 22.4. The summed E-state index contributed by atoms with van der Waals surface area (Å²) in [5, 5.41) is 7.12. The molecule has 9 nitrogen and oxygen atoms in total. The topological polar surface area (TPSA) is 115 Å². The third-order valence-electron chi connectivity index (χ3n) is 5.45. The van der Waals surface area contributed by atoms with Crippen molar-refractivity contribution in [3.63, 3.8) is 0 Å². The maximum atomic E-state index is 12.8. The zero-order chi connectivity index (χ0) is 23.9. The van der Waals surface area contributed by atoms with Crippen LogP contribution in [0.3, 0.4) is 0 Å². The Morgan fingerprint density at radius 2 is 2.03 bits per heavy atom. The number of carbonyl (C=O) groups excluding carboxylic acids is 1. The standard InChI is InChI=1S/C19H22N4O3.C2HF3O2/c24-18(15-12-20-8-9-21-15)23-10-5-16-19(13-23,6-3-11-25-16)14-26-17-4-1-2-7-22-17;3-2(4,5)1(6)7/h1-2,4,7-9,12,16H,3,5-6,10-11,13-14H2;(H,6,7). The minimum absolute atomic E-state index is 0.0839. The van der Waals surface area contributed by atoms with Gasteiger partial charge in [-0.1, -0.05) is 6.07 Å². The van der Waals surface area contributed by atoms with Gasteiger partial charge in [0.15, 0.2) is 0 Å². The zero-order valence-corrected chi connectivity index (χ0v) is 17.6. The molecule has 0 radical (unpaired) electrons. The van der Waals surface area contributed by atoms with Crippen LogP contribution in [0.15, 0.2) is 43.0 Å². The summed E-state index contributed by atoms with van der Waals surface area (Å²) in [5.41, 5.74) is 0.162. The molecule has 0 aliphatic carbocycles. The molecular weight excluding hydrogens is 445 g/mol. The highest BCUT2D eigenvalue weighted by Gasteiger charge is 2.48. The summed E-state index contributed by atoms with van der Waals surface area (Å²) < 4.78 is 43.8. The lowest BCUT2D eigenvalue weighted by atomic mass is 9.73. The second-order valence-corrected chi connectivity index (χ2v) is 7.69. The number of piperidine rings is 1. The van der Waals surface area contributed by atoms with E-state index >= 15 is 0 Å². The summed E-state index contributed by atoms with van der Waals surface area (Å²) in [5.74, 6) is -2.24. The molecule has 12 heteroatoms. The van der Waals surface area contributed by atoms with Crippen LogP contribution < -0.4 is 4.74 Å². The Morgan fingerprint density at radius 1 is 1.24 bits per heavy atom. The Balaban J connectivity index is 0.000000383. The first-order valence-corrected chi connectivity index (χ1v) is 10.2. The number of ether oxygens (including phenoxy) is 2. The molecule has 2 aliphatic heterocycles. The number of hydrogen-bond donors (Lipinski definition) is 1. The van der Waals surface area contributed by atoms with E-state index in [0.29, 0.717) is 31.3 Å². The number of pyridine rings is 1. The summed E-state index contributed by atoms with van der Waals surface area (Å²) in [4.78, 5) is 36.0. The van der Waals surface area contributed by atoms with Crippen LogP contribution in [0.1, 0.15) is 29.8 Å². The molecule has 2 fully saturated rings. The smallest absolute Gasteiger partial charge is 0.477 e. The average Bonchev–Trinajstić information content (AvgIpc) is 2.83. The number of hydrogen-bond acceptors (Lipinski definition) is 7. The number of carboxylic acid groups (broad SMARTS) is 1. The number of amides is 1. The second-order valence-electron chi connectivity index (χ2n) is 7.69. The van der Waals surface area contributed by atoms with Crippen molar-refractivity contribution in [1.29, 1.82) is 0 Å². The van der Waals surface area contributed by atoms with Crippen LogP contribution in [-0.4, -0.2) is 75.4 Å². The molecule has 2 aromatic heterocycles. The number of aromatic nitrogens is 3. The number of aliphatic carboxylic acids is 1. The van der Waals surface area contributed by atoms with Crippen molar-refractivity contribution in [2.24, 2.45) is 5.41 Å². The number of carbonyl (C=O) groups is 2. The lowest BCUT2D eigenvalue weighted by Gasteiger charge is -2.49. The van der Waals surface area contributed by atoms with Gasteiger partial charge in [-0.05, 0) is 25.3 Å². The first-order valence-electron chi connectivity index (χ1n) is 10.2. The lowest BCUT2D eigenvalue weighted by Crippen LogP contribution is -2.58. The summed E-state index contributed by atoms with van der Waals surface area (Å²) >= 11 is 0. The molecule has 0 spiro atoms. The van der Waals surface area contributed by atoms with Crippen LogP contribution in [0.5, 0.6) is 5.88 Å². The Hall–Kier alpha value is -3.28. The monoisotopic (exact) mass is 468 g/mol. The van der Waals surface area contributed by atoms with Gasteiger partial charge in [0.25, 0.3) is 5.91 Å². The number of halogens is 3. The van der Waals surface area contributed by atoms with Crippen molar-refractivity contribution in [3.8, 4) is 5.88 Å². The first-order chi connectivity index (χ1) is 15.7. The van der Waals surface area contributed by atoms with E-state index in [9.17, 15) is 18.0 Å². The van der Waals surface area contributed by atoms with Gasteiger partial charge >= 0.3 is 12.1 Å². The summed E-state index contributed by atoms with van der Waals surface area (Å²) in [6.45, 7) is 2.51. The number of rotatable bonds is 4. The van der Waals surface area contributed by atoms with E-state index in [2.05, 4.69) is 15.0 Å². The molecule has 0 bridgehead atoms. The molecule has 0 saturated carbocycles. The Morgan fingerprint density at radius 3 is 2.67 bits per heavy atom. The molecule has 2 unspecified atom stereocenters. The molecule has 2 atom stereocenters. The van der Waals surface area contributed by atoms with Crippen molar-refractivity contribution in [3.05, 3.63) is 48.7 Å². The van der Waals surface area contributed by atoms with Gasteiger partial charge in [0.1, 0.15) is 5.69 Å². The lowest BCUT2D eigenvalue weighted by molar-refractivity contribution is -0.192. The van der Waals surface area contributed by atoms with Crippen LogP contribution in [0.4, 0.5) is 13.2 Å². The highest BCUT2D eigenvalue weighted by Crippen LogP contribution is 2.40. The third kappa shape index (κ3) is 6.37. The van der Waals surface area contributed by atoms with Gasteiger partial charge in [-0.2, -0.15) is 13.2 Å². The second kappa shape index (κ2) is 10.6. The number of alkyl halides is 3. The maximum absolute atomic E-state index is 12.8. The fourth-order valence-electron chi connectivity index (χ4n) is 3.90. The number of likely N-dealkylation sites (tertiary alicyclic amines) is 1. The van der Waals surface area contributed by atoms with E-state index in [-0.39, 0.29) is 17.4 Å². The number of carboxylic acids is 1. The van der Waals surface area contributed by atoms with Crippen LogP contribution >= 0.6 is 0 Å². The zero-order valence-electron chi connectivity index (χ0n) is 17.6. The van der Waals surface area contributed by atoms with E-state index in [4.69, 9.17) is 19.4 Å². The predicted molar refractivity (Wildman–Crippen MR) is 107 cm³/mol. The van der Waals surface area contributed by atoms with E-state index < -0.39 is 12.1 Å². The molecule has 1 amide bonds. The molecule has 1 N–H and O–H groups in total.